The lowest BCUT2D eigenvalue weighted by atomic mass is 10.0. The first-order valence-electron chi connectivity index (χ1n) is 7.75. The van der Waals surface area contributed by atoms with Gasteiger partial charge in [0, 0.05) is 12.6 Å². The number of nitrogens with zero attached hydrogens (tertiary/aromatic N) is 1. The van der Waals surface area contributed by atoms with Gasteiger partial charge in [0.1, 0.15) is 11.6 Å². The molecule has 0 radical (unpaired) electrons. The number of hydrogen-bond donors (Lipinski definition) is 1. The van der Waals surface area contributed by atoms with E-state index in [0.717, 1.165) is 0 Å². The van der Waals surface area contributed by atoms with E-state index in [1.165, 1.54) is 0 Å². The van der Waals surface area contributed by atoms with Crippen molar-refractivity contribution in [3.8, 4) is 0 Å². The van der Waals surface area contributed by atoms with Crippen LogP contribution in [0.3, 0.4) is 0 Å². The van der Waals surface area contributed by atoms with Crippen LogP contribution in [-0.4, -0.2) is 41.1 Å². The van der Waals surface area contributed by atoms with Crippen molar-refractivity contribution >= 4 is 12.0 Å². The van der Waals surface area contributed by atoms with Crippen LogP contribution in [0, 0.1) is 17.3 Å². The van der Waals surface area contributed by atoms with Gasteiger partial charge in [0.2, 0.25) is 5.91 Å². The molecular formula is C16H28N2O3. The van der Waals surface area contributed by atoms with Crippen molar-refractivity contribution in [2.75, 3.05) is 6.54 Å². The summed E-state index contributed by atoms with van der Waals surface area (Å²) in [6.07, 6.45) is -0.380. The maximum absolute atomic E-state index is 12.5. The molecule has 0 bridgehead atoms. The van der Waals surface area contributed by atoms with E-state index in [9.17, 15) is 9.59 Å². The summed E-state index contributed by atoms with van der Waals surface area (Å²) in [6, 6.07) is -0.332. The summed E-state index contributed by atoms with van der Waals surface area (Å²) < 4.78 is 5.45. The standard InChI is InChI=1S/C16H28N2O3/c1-9(2)17-13(19)12-11-10(16(11,6)7)8-18(12)14(20)21-15(3,4)5/h9-12H,8H2,1-7H3,(H,17,19)/t10?,11-,12?/m0/s1. The fourth-order valence-electron chi connectivity index (χ4n) is 3.46. The number of piperidine rings is 1. The second kappa shape index (κ2) is 4.89. The van der Waals surface area contributed by atoms with Crippen molar-refractivity contribution < 1.29 is 14.3 Å². The summed E-state index contributed by atoms with van der Waals surface area (Å²) in [5, 5.41) is 2.94. The number of rotatable bonds is 2. The van der Waals surface area contributed by atoms with E-state index >= 15 is 0 Å². The quantitative estimate of drug-likeness (QED) is 0.851. The molecule has 0 spiro atoms. The maximum atomic E-state index is 12.5. The minimum absolute atomic E-state index is 0.0612. The third-order valence-electron chi connectivity index (χ3n) is 4.54. The van der Waals surface area contributed by atoms with E-state index in [-0.39, 0.29) is 29.4 Å². The summed E-state index contributed by atoms with van der Waals surface area (Å²) in [5.41, 5.74) is -0.407. The molecular weight excluding hydrogens is 268 g/mol. The molecule has 1 saturated heterocycles. The third kappa shape index (κ3) is 3.01. The predicted octanol–water partition coefficient (Wildman–Crippen LogP) is 2.40. The minimum atomic E-state index is -0.543. The van der Waals surface area contributed by atoms with Crippen LogP contribution in [-0.2, 0) is 9.53 Å². The Kier molecular flexibility index (Phi) is 3.75. The molecule has 2 unspecified atom stereocenters. The zero-order chi connectivity index (χ0) is 16.2. The Morgan fingerprint density at radius 3 is 2.33 bits per heavy atom. The van der Waals surface area contributed by atoms with Crippen molar-refractivity contribution in [1.29, 1.82) is 0 Å². The number of likely N-dealkylation sites (tertiary alicyclic amines) is 1. The highest BCUT2D eigenvalue weighted by Crippen LogP contribution is 2.64. The van der Waals surface area contributed by atoms with Gasteiger partial charge in [-0.05, 0) is 51.9 Å². The zero-order valence-electron chi connectivity index (χ0n) is 14.2. The highest BCUT2D eigenvalue weighted by molar-refractivity contribution is 5.88. The van der Waals surface area contributed by atoms with Gasteiger partial charge in [-0.25, -0.2) is 4.79 Å². The smallest absolute Gasteiger partial charge is 0.410 e. The van der Waals surface area contributed by atoms with Crippen LogP contribution < -0.4 is 5.32 Å². The summed E-state index contributed by atoms with van der Waals surface area (Å²) >= 11 is 0. The number of fused-ring (bicyclic) bond motifs is 1. The summed E-state index contributed by atoms with van der Waals surface area (Å²) in [6.45, 7) is 14.3. The van der Waals surface area contributed by atoms with Gasteiger partial charge in [-0.2, -0.15) is 0 Å². The number of hydrogen-bond acceptors (Lipinski definition) is 3. The minimum Gasteiger partial charge on any atom is -0.444 e. The third-order valence-corrected chi connectivity index (χ3v) is 4.54. The monoisotopic (exact) mass is 296 g/mol. The van der Waals surface area contributed by atoms with Gasteiger partial charge in [0.25, 0.3) is 0 Å². The van der Waals surface area contributed by atoms with Crippen LogP contribution in [0.15, 0.2) is 0 Å². The molecule has 5 heteroatoms. The van der Waals surface area contributed by atoms with Gasteiger partial charge in [-0.15, -0.1) is 0 Å². The van der Waals surface area contributed by atoms with Gasteiger partial charge in [-0.3, -0.25) is 9.69 Å². The Morgan fingerprint density at radius 2 is 1.86 bits per heavy atom. The van der Waals surface area contributed by atoms with Crippen LogP contribution in [0.4, 0.5) is 4.79 Å². The van der Waals surface area contributed by atoms with Gasteiger partial charge < -0.3 is 10.1 Å². The Hall–Kier alpha value is -1.26. The van der Waals surface area contributed by atoms with Gasteiger partial charge in [0.05, 0.1) is 0 Å². The van der Waals surface area contributed by atoms with Crippen LogP contribution in [0.2, 0.25) is 0 Å². The van der Waals surface area contributed by atoms with Crippen molar-refractivity contribution in [3.63, 3.8) is 0 Å². The Morgan fingerprint density at radius 1 is 1.29 bits per heavy atom. The molecule has 5 nitrogen and oxygen atoms in total. The molecule has 1 saturated carbocycles. The SMILES string of the molecule is CC(C)NC(=O)C1[C@@H]2C(CN1C(=O)OC(C)(C)C)C2(C)C. The Labute approximate surface area is 127 Å². The van der Waals surface area contributed by atoms with E-state index in [4.69, 9.17) is 4.74 Å². The molecule has 2 fully saturated rings. The molecule has 2 aliphatic rings. The topological polar surface area (TPSA) is 58.6 Å². The normalized spacial score (nSPS) is 30.1. The van der Waals surface area contributed by atoms with E-state index in [2.05, 4.69) is 19.2 Å². The summed E-state index contributed by atoms with van der Waals surface area (Å²) in [5.74, 6) is 0.575. The molecule has 21 heavy (non-hydrogen) atoms. The van der Waals surface area contributed by atoms with Crippen LogP contribution in [0.5, 0.6) is 0 Å². The fraction of sp³-hybridized carbons (Fsp3) is 0.875. The average Bonchev–Trinajstić information content (AvgIpc) is 2.69. The molecule has 0 aromatic carbocycles. The number of carbonyl (C=O) groups is 2. The first-order valence-corrected chi connectivity index (χ1v) is 7.75. The van der Waals surface area contributed by atoms with Crippen molar-refractivity contribution in [1.82, 2.24) is 10.2 Å². The molecule has 2 amide bonds. The second-order valence-corrected chi connectivity index (χ2v) is 8.19. The van der Waals surface area contributed by atoms with E-state index < -0.39 is 11.6 Å². The van der Waals surface area contributed by atoms with Gasteiger partial charge >= 0.3 is 6.09 Å². The fourth-order valence-corrected chi connectivity index (χ4v) is 3.46. The number of ether oxygens (including phenoxy) is 1. The second-order valence-electron chi connectivity index (χ2n) is 8.19. The van der Waals surface area contributed by atoms with Crippen molar-refractivity contribution in [2.45, 2.75) is 66.2 Å². The van der Waals surface area contributed by atoms with Gasteiger partial charge in [0.15, 0.2) is 0 Å². The lowest BCUT2D eigenvalue weighted by Crippen LogP contribution is -2.52. The number of carbonyl (C=O) groups excluding carboxylic acids is 2. The Balaban J connectivity index is 2.15. The highest BCUT2D eigenvalue weighted by Gasteiger charge is 2.69. The lowest BCUT2D eigenvalue weighted by molar-refractivity contribution is -0.127. The zero-order valence-corrected chi connectivity index (χ0v) is 14.2. The molecule has 0 aromatic heterocycles. The summed E-state index contributed by atoms with van der Waals surface area (Å²) in [4.78, 5) is 26.5. The molecule has 1 aliphatic carbocycles. The summed E-state index contributed by atoms with van der Waals surface area (Å²) in [7, 11) is 0. The molecule has 1 aliphatic heterocycles. The largest absolute Gasteiger partial charge is 0.444 e. The number of nitrogens with one attached hydrogen (secondary N) is 1. The maximum Gasteiger partial charge on any atom is 0.410 e. The van der Waals surface area contributed by atoms with Gasteiger partial charge in [-0.1, -0.05) is 13.8 Å². The first kappa shape index (κ1) is 16.1. The molecule has 120 valence electrons. The number of amides is 2. The van der Waals surface area contributed by atoms with Crippen LogP contribution >= 0.6 is 0 Å². The first-order chi connectivity index (χ1) is 9.45. The van der Waals surface area contributed by atoms with Crippen LogP contribution in [0.1, 0.15) is 48.5 Å². The van der Waals surface area contributed by atoms with E-state index in [0.29, 0.717) is 12.5 Å². The van der Waals surface area contributed by atoms with Crippen LogP contribution in [0.25, 0.3) is 0 Å². The molecule has 1 heterocycles. The van der Waals surface area contributed by atoms with E-state index in [1.54, 1.807) is 4.90 Å². The predicted molar refractivity (Wildman–Crippen MR) is 80.8 cm³/mol. The lowest BCUT2D eigenvalue weighted by Gasteiger charge is -2.32. The molecule has 2 rings (SSSR count). The van der Waals surface area contributed by atoms with E-state index in [1.807, 2.05) is 34.6 Å². The Bertz CT molecular complexity index is 451. The van der Waals surface area contributed by atoms with Crippen molar-refractivity contribution in [3.05, 3.63) is 0 Å². The van der Waals surface area contributed by atoms with Crippen molar-refractivity contribution in [2.24, 2.45) is 17.3 Å². The molecule has 0 aromatic rings. The highest BCUT2D eigenvalue weighted by atomic mass is 16.6. The average molecular weight is 296 g/mol. The molecule has 1 N–H and O–H groups in total. The molecule has 3 atom stereocenters.